The average Bonchev–Trinajstić information content (AvgIpc) is 3.05. The van der Waals surface area contributed by atoms with Crippen LogP contribution in [0.3, 0.4) is 0 Å². The molecule has 0 saturated heterocycles. The Morgan fingerprint density at radius 3 is 2.30 bits per heavy atom. The Hall–Kier alpha value is -2.25. The number of ketones is 2. The van der Waals surface area contributed by atoms with Gasteiger partial charge in [0, 0.05) is 40.7 Å². The molecule has 30 heavy (non-hydrogen) atoms. The molecule has 1 radical (unpaired) electrons. The maximum atomic E-state index is 13.2. The fourth-order valence-corrected chi connectivity index (χ4v) is 5.01. The van der Waals surface area contributed by atoms with Crippen molar-refractivity contribution in [1.29, 1.82) is 0 Å². The molecule has 3 aromatic carbocycles. The summed E-state index contributed by atoms with van der Waals surface area (Å²) in [6, 6.07) is 20.2. The van der Waals surface area contributed by atoms with E-state index < -0.39 is 15.9 Å². The van der Waals surface area contributed by atoms with Gasteiger partial charge in [0.1, 0.15) is 0 Å². The van der Waals surface area contributed by atoms with E-state index in [1.165, 1.54) is 12.1 Å². The Bertz CT molecular complexity index is 1240. The predicted molar refractivity (Wildman–Crippen MR) is 116 cm³/mol. The van der Waals surface area contributed by atoms with Gasteiger partial charge in [-0.1, -0.05) is 54.6 Å². The van der Waals surface area contributed by atoms with E-state index >= 15 is 0 Å². The Kier molecular flexibility index (Phi) is 6.62. The van der Waals surface area contributed by atoms with Gasteiger partial charge in [0.05, 0.1) is 16.5 Å². The van der Waals surface area contributed by atoms with Crippen LogP contribution < -0.4 is 4.72 Å². The second kappa shape index (κ2) is 8.86. The van der Waals surface area contributed by atoms with E-state index in [1.54, 1.807) is 55.5 Å². The van der Waals surface area contributed by atoms with Crippen LogP contribution in [0.15, 0.2) is 77.7 Å². The van der Waals surface area contributed by atoms with Crippen molar-refractivity contribution in [2.24, 2.45) is 5.92 Å². The molecule has 1 aliphatic carbocycles. The van der Waals surface area contributed by atoms with Crippen LogP contribution in [0.25, 0.3) is 0 Å². The third-order valence-corrected chi connectivity index (χ3v) is 6.69. The molecule has 0 heterocycles. The van der Waals surface area contributed by atoms with Gasteiger partial charge in [-0.05, 0) is 42.7 Å². The van der Waals surface area contributed by atoms with Crippen molar-refractivity contribution >= 4 is 56.8 Å². The summed E-state index contributed by atoms with van der Waals surface area (Å²) >= 11 is 0. The van der Waals surface area contributed by atoms with Gasteiger partial charge in [0.15, 0.2) is 11.6 Å². The summed E-state index contributed by atoms with van der Waals surface area (Å²) in [6.45, 7) is 1.71. The van der Waals surface area contributed by atoms with Crippen molar-refractivity contribution in [1.82, 2.24) is 0 Å². The van der Waals surface area contributed by atoms with Crippen molar-refractivity contribution in [3.63, 3.8) is 0 Å². The number of carbonyl (C=O) groups is 2. The molecule has 0 spiro atoms. The number of nitrogens with one attached hydrogen (secondary N) is 1. The molecule has 0 aliphatic heterocycles. The van der Waals surface area contributed by atoms with Crippen LogP contribution in [0.1, 0.15) is 31.8 Å². The van der Waals surface area contributed by atoms with Crippen LogP contribution in [0, 0.1) is 12.8 Å². The van der Waals surface area contributed by atoms with Gasteiger partial charge in [-0.15, -0.1) is 0 Å². The zero-order valence-corrected chi connectivity index (χ0v) is 19.6. The summed E-state index contributed by atoms with van der Waals surface area (Å²) in [5.41, 5.74) is 2.36. The van der Waals surface area contributed by atoms with Crippen LogP contribution in [0.2, 0.25) is 0 Å². The first-order chi connectivity index (χ1) is 13.9. The second-order valence-corrected chi connectivity index (χ2v) is 8.71. The van der Waals surface area contributed by atoms with Gasteiger partial charge in [-0.3, -0.25) is 14.3 Å². The zero-order chi connectivity index (χ0) is 20.6. The Morgan fingerprint density at radius 2 is 1.57 bits per heavy atom. The molecule has 1 N–H and O–H groups in total. The van der Waals surface area contributed by atoms with Gasteiger partial charge >= 0.3 is 0 Å². The number of rotatable bonds is 5. The monoisotopic (exact) mass is 428 g/mol. The molecule has 3 aromatic rings. The topological polar surface area (TPSA) is 80.3 Å². The van der Waals surface area contributed by atoms with Crippen LogP contribution in [-0.2, 0) is 16.4 Å². The number of Topliss-reactive ketones (excluding diaryl/α,β-unsaturated/α-hetero) is 2. The maximum Gasteiger partial charge on any atom is 0.262 e. The average molecular weight is 428 g/mol. The predicted octanol–water partition coefficient (Wildman–Crippen LogP) is 3.65. The van der Waals surface area contributed by atoms with Crippen LogP contribution in [0.5, 0.6) is 0 Å². The number of anilines is 1. The Balaban J connectivity index is 0.00000256. The van der Waals surface area contributed by atoms with Gasteiger partial charge < -0.3 is 0 Å². The maximum absolute atomic E-state index is 13.2. The number of hydrogen-bond acceptors (Lipinski definition) is 4. The van der Waals surface area contributed by atoms with Crippen molar-refractivity contribution in [3.8, 4) is 0 Å². The molecule has 1 unspecified atom stereocenters. The fourth-order valence-electron chi connectivity index (χ4n) is 3.68. The van der Waals surface area contributed by atoms with E-state index in [9.17, 15) is 18.0 Å². The quantitative estimate of drug-likeness (QED) is 0.382. The van der Waals surface area contributed by atoms with Gasteiger partial charge in [0.25, 0.3) is 10.0 Å². The summed E-state index contributed by atoms with van der Waals surface area (Å²) in [4.78, 5) is 26.0. The number of aryl methyl sites for hydroxylation is 1. The number of benzene rings is 3. The molecule has 0 aromatic heterocycles. The van der Waals surface area contributed by atoms with Crippen molar-refractivity contribution < 1.29 is 18.0 Å². The van der Waals surface area contributed by atoms with Gasteiger partial charge in [-0.25, -0.2) is 8.42 Å². The normalized spacial score (nSPS) is 15.2. The largest absolute Gasteiger partial charge is 0.293 e. The molecule has 5 nitrogen and oxygen atoms in total. The summed E-state index contributed by atoms with van der Waals surface area (Å²) in [6.07, 6.45) is 0.326. The molecule has 0 bridgehead atoms. The molecule has 0 fully saturated rings. The van der Waals surface area contributed by atoms with Gasteiger partial charge in [-0.2, -0.15) is 0 Å². The molecule has 0 saturated carbocycles. The van der Waals surface area contributed by atoms with Crippen LogP contribution in [0.4, 0.5) is 5.69 Å². The molecule has 4 rings (SSSR count). The number of fused-ring (bicyclic) bond motifs is 1. The van der Waals surface area contributed by atoms with Gasteiger partial charge in [0.2, 0.25) is 0 Å². The second-order valence-electron chi connectivity index (χ2n) is 7.06. The minimum absolute atomic E-state index is 0. The van der Waals surface area contributed by atoms with Crippen molar-refractivity contribution in [2.45, 2.75) is 18.2 Å². The fraction of sp³-hybridized carbons (Fsp3) is 0.130. The Morgan fingerprint density at radius 1 is 0.933 bits per heavy atom. The Labute approximate surface area is 197 Å². The third kappa shape index (κ3) is 4.14. The first kappa shape index (κ1) is 22.4. The summed E-state index contributed by atoms with van der Waals surface area (Å²) in [5.74, 6) is -1.44. The standard InChI is InChI=1S/C23H19NO4S.Na/c1-15-8-2-7-13-21(15)29(27,28)24-20-12-6-5-11-18(20)23(26)19-14-16-9-3-4-10-17(16)22(19)25;/h2-13,19,24H,14H2,1H3;. The molecule has 0 amide bonds. The molecule has 7 heteroatoms. The summed E-state index contributed by atoms with van der Waals surface area (Å²) in [7, 11) is -3.88. The van der Waals surface area contributed by atoms with E-state index in [0.717, 1.165) is 5.56 Å². The summed E-state index contributed by atoms with van der Waals surface area (Å²) in [5, 5.41) is 0. The molecular weight excluding hydrogens is 409 g/mol. The smallest absolute Gasteiger partial charge is 0.262 e. The van der Waals surface area contributed by atoms with E-state index in [4.69, 9.17) is 0 Å². The van der Waals surface area contributed by atoms with E-state index in [0.29, 0.717) is 17.5 Å². The molecular formula is C23H19NNaO4S. The van der Waals surface area contributed by atoms with E-state index in [2.05, 4.69) is 4.72 Å². The number of sulfonamides is 1. The van der Waals surface area contributed by atoms with E-state index in [1.807, 2.05) is 12.1 Å². The zero-order valence-electron chi connectivity index (χ0n) is 16.8. The summed E-state index contributed by atoms with van der Waals surface area (Å²) < 4.78 is 28.3. The van der Waals surface area contributed by atoms with Crippen molar-refractivity contribution in [3.05, 3.63) is 95.1 Å². The third-order valence-electron chi connectivity index (χ3n) is 5.16. The number of para-hydroxylation sites is 1. The van der Waals surface area contributed by atoms with E-state index in [-0.39, 0.29) is 57.3 Å². The first-order valence-corrected chi connectivity index (χ1v) is 10.7. The first-order valence-electron chi connectivity index (χ1n) is 9.22. The van der Waals surface area contributed by atoms with Crippen LogP contribution in [-0.4, -0.2) is 49.5 Å². The molecule has 147 valence electrons. The SMILES string of the molecule is Cc1ccccc1S(=O)(=O)Nc1ccccc1C(=O)C1Cc2ccccc2C1=O.[Na]. The number of hydrogen-bond donors (Lipinski definition) is 1. The number of carbonyl (C=O) groups excluding carboxylic acids is 2. The molecule has 1 atom stereocenters. The molecule has 1 aliphatic rings. The van der Waals surface area contributed by atoms with Crippen LogP contribution >= 0.6 is 0 Å². The minimum Gasteiger partial charge on any atom is -0.293 e. The van der Waals surface area contributed by atoms with Crippen molar-refractivity contribution in [2.75, 3.05) is 4.72 Å². The minimum atomic E-state index is -3.88.